The van der Waals surface area contributed by atoms with E-state index in [4.69, 9.17) is 0 Å². The fraction of sp³-hybridized carbons (Fsp3) is 0.450. The topological polar surface area (TPSA) is 17.1 Å². The van der Waals surface area contributed by atoms with E-state index in [0.29, 0.717) is 0 Å². The normalized spacial score (nSPS) is 26.6. The van der Waals surface area contributed by atoms with Crippen molar-refractivity contribution in [2.75, 3.05) is 0 Å². The van der Waals surface area contributed by atoms with Gasteiger partial charge in [0.1, 0.15) is 0 Å². The Hall–Kier alpha value is -1.11. The minimum absolute atomic E-state index is 0.391. The van der Waals surface area contributed by atoms with Crippen LogP contribution < -0.4 is 0 Å². The summed E-state index contributed by atoms with van der Waals surface area (Å²) in [5.41, 5.74) is 2.83. The molecule has 0 spiro atoms. The van der Waals surface area contributed by atoms with Crippen molar-refractivity contribution in [1.29, 1.82) is 0 Å². The van der Waals surface area contributed by atoms with E-state index in [1.807, 2.05) is 6.08 Å². The van der Waals surface area contributed by atoms with Gasteiger partial charge < -0.3 is 0 Å². The maximum absolute atomic E-state index is 10.8. The van der Waals surface area contributed by atoms with E-state index in [2.05, 4.69) is 37.3 Å². The number of rotatable bonds is 5. The number of allylic oxidation sites excluding steroid dienone is 3. The molecule has 2 aliphatic rings. The van der Waals surface area contributed by atoms with Gasteiger partial charge in [0.2, 0.25) is 0 Å². The number of hydrogen-bond acceptors (Lipinski definition) is 1. The molecule has 1 saturated carbocycles. The second-order valence-electron chi connectivity index (χ2n) is 6.57. The van der Waals surface area contributed by atoms with Crippen LogP contribution in [-0.4, -0.2) is 21.2 Å². The summed E-state index contributed by atoms with van der Waals surface area (Å²) in [7, 11) is 0. The van der Waals surface area contributed by atoms with E-state index >= 15 is 0 Å². The Morgan fingerprint density at radius 1 is 1.09 bits per heavy atom. The fourth-order valence-corrected chi connectivity index (χ4v) is 5.90. The SMILES string of the molecule is CCCC1CCC(c2ccc(C3=CC=C(C=O)[SeH2]3)cc2)CC1. The second kappa shape index (κ2) is 7.44. The van der Waals surface area contributed by atoms with Crippen LogP contribution in [0.25, 0.3) is 4.47 Å². The standard InChI is InChI=1S/C20H26OSe/c1-2-3-15-4-6-16(7-5-15)17-8-10-18(11-9-17)20-13-12-19(14-21)22-20/h8-16H,2-7,22H2,1H3. The molecule has 0 radical (unpaired) electrons. The molecular weight excluding hydrogens is 335 g/mol. The molecule has 0 bridgehead atoms. The van der Waals surface area contributed by atoms with Crippen molar-refractivity contribution in [2.45, 2.75) is 51.4 Å². The van der Waals surface area contributed by atoms with Gasteiger partial charge in [0.15, 0.2) is 0 Å². The van der Waals surface area contributed by atoms with Crippen molar-refractivity contribution in [2.24, 2.45) is 5.92 Å². The van der Waals surface area contributed by atoms with E-state index in [1.54, 1.807) is 0 Å². The molecule has 1 aliphatic carbocycles. The van der Waals surface area contributed by atoms with Gasteiger partial charge in [-0.3, -0.25) is 0 Å². The summed E-state index contributed by atoms with van der Waals surface area (Å²) >= 11 is -0.391. The third-order valence-corrected chi connectivity index (χ3v) is 7.80. The van der Waals surface area contributed by atoms with Gasteiger partial charge in [-0.05, 0) is 0 Å². The van der Waals surface area contributed by atoms with E-state index < -0.39 is 15.0 Å². The molecule has 22 heavy (non-hydrogen) atoms. The zero-order chi connectivity index (χ0) is 15.4. The number of carbonyl (C=O) groups is 1. The van der Waals surface area contributed by atoms with Gasteiger partial charge in [-0.1, -0.05) is 0 Å². The van der Waals surface area contributed by atoms with Gasteiger partial charge in [0.25, 0.3) is 0 Å². The van der Waals surface area contributed by atoms with Crippen molar-refractivity contribution in [3.05, 3.63) is 52.0 Å². The van der Waals surface area contributed by atoms with Crippen molar-refractivity contribution in [3.8, 4) is 0 Å². The quantitative estimate of drug-likeness (QED) is 0.562. The summed E-state index contributed by atoms with van der Waals surface area (Å²) in [4.78, 5) is 10.8. The zero-order valence-corrected chi connectivity index (χ0v) is 15.4. The molecule has 1 aromatic carbocycles. The van der Waals surface area contributed by atoms with Gasteiger partial charge in [0.05, 0.1) is 0 Å². The number of carbonyl (C=O) groups excluding carboxylic acids is 1. The number of benzene rings is 1. The van der Waals surface area contributed by atoms with Crippen LogP contribution in [0.15, 0.2) is 40.9 Å². The molecule has 118 valence electrons. The van der Waals surface area contributed by atoms with Gasteiger partial charge in [-0.15, -0.1) is 0 Å². The van der Waals surface area contributed by atoms with Crippen LogP contribution in [0, 0.1) is 5.92 Å². The van der Waals surface area contributed by atoms with E-state index in [9.17, 15) is 4.79 Å². The van der Waals surface area contributed by atoms with Crippen LogP contribution in [0.1, 0.15) is 62.5 Å². The Bertz CT molecular complexity index is 574. The first kappa shape index (κ1) is 15.8. The molecular formula is C20H26OSe. The molecule has 0 aromatic heterocycles. The molecule has 1 nitrogen and oxygen atoms in total. The molecule has 0 N–H and O–H groups in total. The Morgan fingerprint density at radius 2 is 1.82 bits per heavy atom. The van der Waals surface area contributed by atoms with Gasteiger partial charge in [-0.25, -0.2) is 0 Å². The predicted octanol–water partition coefficient (Wildman–Crippen LogP) is 4.37. The van der Waals surface area contributed by atoms with Crippen LogP contribution >= 0.6 is 0 Å². The average Bonchev–Trinajstić information content (AvgIpc) is 3.05. The summed E-state index contributed by atoms with van der Waals surface area (Å²) in [5, 5.41) is 0. The van der Waals surface area contributed by atoms with Crippen LogP contribution in [0.5, 0.6) is 0 Å². The van der Waals surface area contributed by atoms with Crippen LogP contribution in [0.4, 0.5) is 0 Å². The van der Waals surface area contributed by atoms with Crippen molar-refractivity contribution < 1.29 is 4.79 Å². The fourth-order valence-electron chi connectivity index (χ4n) is 3.78. The Balaban J connectivity index is 1.60. The van der Waals surface area contributed by atoms with E-state index in [-0.39, 0.29) is 0 Å². The molecule has 0 amide bonds. The summed E-state index contributed by atoms with van der Waals surface area (Å²) in [6.07, 6.45) is 13.4. The summed E-state index contributed by atoms with van der Waals surface area (Å²) in [6, 6.07) is 9.19. The third kappa shape index (κ3) is 3.62. The van der Waals surface area contributed by atoms with Gasteiger partial charge in [-0.2, -0.15) is 0 Å². The van der Waals surface area contributed by atoms with Crippen LogP contribution in [0.2, 0.25) is 0 Å². The number of aldehydes is 1. The average molecular weight is 361 g/mol. The molecule has 1 heterocycles. The summed E-state index contributed by atoms with van der Waals surface area (Å²) in [5.74, 6) is 1.74. The number of hydrogen-bond donors (Lipinski definition) is 0. The zero-order valence-electron chi connectivity index (χ0n) is 13.3. The van der Waals surface area contributed by atoms with E-state index in [1.165, 1.54) is 54.1 Å². The second-order valence-corrected chi connectivity index (χ2v) is 9.44. The molecule has 0 saturated heterocycles. The predicted molar refractivity (Wildman–Crippen MR) is 96.7 cm³/mol. The Morgan fingerprint density at radius 3 is 2.41 bits per heavy atom. The molecule has 0 unspecified atom stereocenters. The molecule has 1 aromatic rings. The van der Waals surface area contributed by atoms with Crippen molar-refractivity contribution in [3.63, 3.8) is 0 Å². The van der Waals surface area contributed by atoms with Crippen molar-refractivity contribution >= 4 is 25.7 Å². The van der Waals surface area contributed by atoms with E-state index in [0.717, 1.165) is 22.6 Å². The first-order chi connectivity index (χ1) is 10.8. The minimum atomic E-state index is -0.391. The summed E-state index contributed by atoms with van der Waals surface area (Å²) in [6.45, 7) is 2.30. The Kier molecular flexibility index (Phi) is 5.33. The van der Waals surface area contributed by atoms with Gasteiger partial charge >= 0.3 is 140 Å². The van der Waals surface area contributed by atoms with Crippen LogP contribution in [-0.2, 0) is 4.79 Å². The monoisotopic (exact) mass is 362 g/mol. The first-order valence-electron chi connectivity index (χ1n) is 8.54. The Labute approximate surface area is 140 Å². The first-order valence-corrected chi connectivity index (χ1v) is 10.6. The van der Waals surface area contributed by atoms with Crippen LogP contribution in [0.3, 0.4) is 0 Å². The molecule has 3 rings (SSSR count). The molecule has 1 fully saturated rings. The van der Waals surface area contributed by atoms with Gasteiger partial charge in [0, 0.05) is 0 Å². The maximum atomic E-state index is 10.8. The summed E-state index contributed by atoms with van der Waals surface area (Å²) < 4.78 is 2.40. The molecule has 0 atom stereocenters. The molecule has 2 heteroatoms. The molecule has 1 aliphatic heterocycles. The third-order valence-electron chi connectivity index (χ3n) is 5.07. The van der Waals surface area contributed by atoms with Crippen molar-refractivity contribution in [1.82, 2.24) is 0 Å².